The Balaban J connectivity index is 1.76. The van der Waals surface area contributed by atoms with Crippen molar-refractivity contribution in [2.45, 2.75) is 22.9 Å². The SMILES string of the molecule is Cc1nnc(S[C@H]2CCN(c3sccc3C#N)C2=O)s1. The lowest BCUT2D eigenvalue weighted by Crippen LogP contribution is -2.27. The Morgan fingerprint density at radius 3 is 3.10 bits per heavy atom. The highest BCUT2D eigenvalue weighted by Crippen LogP contribution is 2.37. The number of carbonyl (C=O) groups excluding carboxylic acids is 1. The number of anilines is 1. The van der Waals surface area contributed by atoms with Gasteiger partial charge in [0, 0.05) is 6.54 Å². The maximum absolute atomic E-state index is 12.4. The summed E-state index contributed by atoms with van der Waals surface area (Å²) in [5.41, 5.74) is 0.570. The molecule has 1 aliphatic heterocycles. The molecule has 1 aliphatic rings. The van der Waals surface area contributed by atoms with Crippen LogP contribution in [-0.2, 0) is 4.79 Å². The molecule has 3 heterocycles. The second kappa shape index (κ2) is 5.52. The molecule has 20 heavy (non-hydrogen) atoms. The summed E-state index contributed by atoms with van der Waals surface area (Å²) in [7, 11) is 0. The standard InChI is InChI=1S/C12H10N4OS3/c1-7-14-15-12(19-7)20-9-2-4-16(10(9)17)11-8(6-13)3-5-18-11/h3,5,9H,2,4H2,1H3/t9-/m0/s1. The highest BCUT2D eigenvalue weighted by molar-refractivity contribution is 8.02. The highest BCUT2D eigenvalue weighted by Gasteiger charge is 2.35. The number of rotatable bonds is 3. The van der Waals surface area contributed by atoms with Gasteiger partial charge < -0.3 is 4.90 Å². The first-order chi connectivity index (χ1) is 9.69. The Bertz CT molecular complexity index is 687. The Kier molecular flexibility index (Phi) is 3.74. The molecule has 2 aromatic heterocycles. The molecule has 1 atom stereocenters. The molecule has 0 aliphatic carbocycles. The quantitative estimate of drug-likeness (QED) is 0.869. The van der Waals surface area contributed by atoms with Crippen LogP contribution in [0.5, 0.6) is 0 Å². The number of thioether (sulfide) groups is 1. The van der Waals surface area contributed by atoms with Gasteiger partial charge in [-0.2, -0.15) is 5.26 Å². The fourth-order valence-electron chi connectivity index (χ4n) is 2.01. The molecule has 5 nitrogen and oxygen atoms in total. The minimum atomic E-state index is -0.129. The Labute approximate surface area is 128 Å². The lowest BCUT2D eigenvalue weighted by Gasteiger charge is -2.14. The topological polar surface area (TPSA) is 69.9 Å². The molecular formula is C12H10N4OS3. The summed E-state index contributed by atoms with van der Waals surface area (Å²) in [6.07, 6.45) is 0.769. The number of hydrogen-bond donors (Lipinski definition) is 0. The third-order valence-electron chi connectivity index (χ3n) is 2.92. The molecule has 1 fully saturated rings. The number of aryl methyl sites for hydroxylation is 1. The van der Waals surface area contributed by atoms with Crippen LogP contribution in [-0.4, -0.2) is 27.9 Å². The molecule has 0 unspecified atom stereocenters. The lowest BCUT2D eigenvalue weighted by atomic mass is 10.3. The predicted molar refractivity (Wildman–Crippen MR) is 80.3 cm³/mol. The van der Waals surface area contributed by atoms with Crippen LogP contribution < -0.4 is 4.90 Å². The van der Waals surface area contributed by atoms with E-state index in [9.17, 15) is 4.79 Å². The minimum Gasteiger partial charge on any atom is -0.302 e. The molecule has 0 saturated carbocycles. The molecule has 1 amide bonds. The van der Waals surface area contributed by atoms with Crippen LogP contribution in [0, 0.1) is 18.3 Å². The van der Waals surface area contributed by atoms with Crippen molar-refractivity contribution in [2.24, 2.45) is 0 Å². The van der Waals surface area contributed by atoms with Crippen molar-refractivity contribution in [1.29, 1.82) is 5.26 Å². The first-order valence-corrected chi connectivity index (χ1v) is 8.52. The average molecular weight is 322 g/mol. The van der Waals surface area contributed by atoms with E-state index in [0.29, 0.717) is 12.1 Å². The van der Waals surface area contributed by atoms with Gasteiger partial charge in [-0.25, -0.2) is 0 Å². The van der Waals surface area contributed by atoms with Crippen LogP contribution in [0.15, 0.2) is 15.8 Å². The number of hydrogen-bond acceptors (Lipinski definition) is 7. The van der Waals surface area contributed by atoms with E-state index in [1.165, 1.54) is 34.4 Å². The van der Waals surface area contributed by atoms with Gasteiger partial charge in [0.25, 0.3) is 0 Å². The van der Waals surface area contributed by atoms with Gasteiger partial charge in [-0.05, 0) is 24.8 Å². The number of nitriles is 1. The molecule has 0 bridgehead atoms. The molecule has 0 aromatic carbocycles. The summed E-state index contributed by atoms with van der Waals surface area (Å²) in [6.45, 7) is 2.55. The maximum atomic E-state index is 12.4. The molecule has 1 saturated heterocycles. The van der Waals surface area contributed by atoms with E-state index in [-0.39, 0.29) is 11.2 Å². The summed E-state index contributed by atoms with van der Waals surface area (Å²) in [4.78, 5) is 14.2. The zero-order valence-corrected chi connectivity index (χ0v) is 13.0. The first kappa shape index (κ1) is 13.5. The van der Waals surface area contributed by atoms with E-state index < -0.39 is 0 Å². The molecule has 3 rings (SSSR count). The molecule has 0 radical (unpaired) electrons. The molecule has 8 heteroatoms. The van der Waals surface area contributed by atoms with Crippen LogP contribution in [0.3, 0.4) is 0 Å². The fraction of sp³-hybridized carbons (Fsp3) is 0.333. The molecular weight excluding hydrogens is 312 g/mol. The Morgan fingerprint density at radius 2 is 2.40 bits per heavy atom. The van der Waals surface area contributed by atoms with Gasteiger partial charge in [0.15, 0.2) is 4.34 Å². The summed E-state index contributed by atoms with van der Waals surface area (Å²) < 4.78 is 0.828. The summed E-state index contributed by atoms with van der Waals surface area (Å²) in [6, 6.07) is 3.88. The smallest absolute Gasteiger partial charge is 0.241 e. The van der Waals surface area contributed by atoms with Gasteiger partial charge >= 0.3 is 0 Å². The van der Waals surface area contributed by atoms with E-state index in [2.05, 4.69) is 16.3 Å². The van der Waals surface area contributed by atoms with Crippen LogP contribution in [0.25, 0.3) is 0 Å². The average Bonchev–Trinajstić information content (AvgIpc) is 3.12. The zero-order valence-electron chi connectivity index (χ0n) is 10.6. The number of nitrogens with zero attached hydrogens (tertiary/aromatic N) is 4. The van der Waals surface area contributed by atoms with Crippen LogP contribution in [0.1, 0.15) is 17.0 Å². The second-order valence-electron chi connectivity index (χ2n) is 4.22. The number of amides is 1. The number of carbonyl (C=O) groups is 1. The van der Waals surface area contributed by atoms with E-state index in [4.69, 9.17) is 5.26 Å². The summed E-state index contributed by atoms with van der Waals surface area (Å²) >= 11 is 4.41. The third-order valence-corrected chi connectivity index (χ3v) is 6.03. The molecule has 0 spiro atoms. The van der Waals surface area contributed by atoms with Gasteiger partial charge in [0.05, 0.1) is 10.8 Å². The first-order valence-electron chi connectivity index (χ1n) is 5.95. The number of thiophene rings is 1. The van der Waals surface area contributed by atoms with Crippen molar-refractivity contribution in [3.63, 3.8) is 0 Å². The van der Waals surface area contributed by atoms with Crippen molar-refractivity contribution in [2.75, 3.05) is 11.4 Å². The van der Waals surface area contributed by atoms with E-state index in [0.717, 1.165) is 20.8 Å². The van der Waals surface area contributed by atoms with Crippen LogP contribution in [0.4, 0.5) is 5.00 Å². The van der Waals surface area contributed by atoms with Crippen molar-refractivity contribution < 1.29 is 4.79 Å². The Morgan fingerprint density at radius 1 is 1.55 bits per heavy atom. The van der Waals surface area contributed by atoms with Gasteiger partial charge in [-0.1, -0.05) is 23.1 Å². The van der Waals surface area contributed by atoms with Gasteiger partial charge in [0.1, 0.15) is 16.1 Å². The van der Waals surface area contributed by atoms with Crippen molar-refractivity contribution in [3.8, 4) is 6.07 Å². The molecule has 102 valence electrons. The lowest BCUT2D eigenvalue weighted by molar-refractivity contribution is -0.116. The van der Waals surface area contributed by atoms with Crippen molar-refractivity contribution in [1.82, 2.24) is 10.2 Å². The zero-order chi connectivity index (χ0) is 14.1. The second-order valence-corrected chi connectivity index (χ2v) is 7.75. The highest BCUT2D eigenvalue weighted by atomic mass is 32.2. The van der Waals surface area contributed by atoms with Crippen molar-refractivity contribution >= 4 is 45.3 Å². The van der Waals surface area contributed by atoms with E-state index >= 15 is 0 Å². The fourth-order valence-corrected chi connectivity index (χ4v) is 4.99. The van der Waals surface area contributed by atoms with Gasteiger partial charge in [-0.3, -0.25) is 4.79 Å². The number of aromatic nitrogens is 2. The summed E-state index contributed by atoms with van der Waals surface area (Å²) in [5, 5.41) is 20.4. The molecule has 0 N–H and O–H groups in total. The third kappa shape index (κ3) is 2.44. The maximum Gasteiger partial charge on any atom is 0.241 e. The van der Waals surface area contributed by atoms with Crippen LogP contribution >= 0.6 is 34.4 Å². The van der Waals surface area contributed by atoms with Crippen molar-refractivity contribution in [3.05, 3.63) is 22.0 Å². The minimum absolute atomic E-state index is 0.0572. The van der Waals surface area contributed by atoms with E-state index in [1.807, 2.05) is 12.3 Å². The van der Waals surface area contributed by atoms with Crippen LogP contribution in [0.2, 0.25) is 0 Å². The van der Waals surface area contributed by atoms with E-state index in [1.54, 1.807) is 11.0 Å². The monoisotopic (exact) mass is 322 g/mol. The normalized spacial score (nSPS) is 18.5. The molecule has 2 aromatic rings. The largest absolute Gasteiger partial charge is 0.302 e. The summed E-state index contributed by atoms with van der Waals surface area (Å²) in [5.74, 6) is 0.0572. The Hall–Kier alpha value is -1.43. The van der Waals surface area contributed by atoms with Gasteiger partial charge in [0.2, 0.25) is 5.91 Å². The predicted octanol–water partition coefficient (Wildman–Crippen LogP) is 2.68. The van der Waals surface area contributed by atoms with Gasteiger partial charge in [-0.15, -0.1) is 21.5 Å².